The zero-order valence-corrected chi connectivity index (χ0v) is 12.5. The van der Waals surface area contributed by atoms with Gasteiger partial charge in [-0.1, -0.05) is 24.7 Å². The minimum Gasteiger partial charge on any atom is -0.495 e. The first kappa shape index (κ1) is 15.4. The molecule has 2 N–H and O–H groups in total. The Morgan fingerprint density at radius 2 is 2.14 bits per heavy atom. The number of methoxy groups -OCH3 is 1. The topological polar surface area (TPSA) is 58.6 Å². The number of rotatable bonds is 3. The Kier molecular flexibility index (Phi) is 4.87. The van der Waals surface area contributed by atoms with E-state index in [-0.39, 0.29) is 18.1 Å². The van der Waals surface area contributed by atoms with Gasteiger partial charge in [0, 0.05) is 11.1 Å². The van der Waals surface area contributed by atoms with E-state index in [1.165, 1.54) is 0 Å². The minimum absolute atomic E-state index is 0.0888. The quantitative estimate of drug-likeness (QED) is 0.837. The number of ether oxygens (including phenoxy) is 1. The van der Waals surface area contributed by atoms with Crippen LogP contribution in [0.5, 0.6) is 5.75 Å². The van der Waals surface area contributed by atoms with Gasteiger partial charge in [0.05, 0.1) is 12.7 Å². The van der Waals surface area contributed by atoms with Crippen molar-refractivity contribution >= 4 is 5.91 Å². The van der Waals surface area contributed by atoms with Crippen LogP contribution >= 0.6 is 0 Å². The van der Waals surface area contributed by atoms with Gasteiger partial charge in [-0.3, -0.25) is 4.79 Å². The summed E-state index contributed by atoms with van der Waals surface area (Å²) in [5.74, 6) is 5.90. The maximum absolute atomic E-state index is 12.4. The van der Waals surface area contributed by atoms with Gasteiger partial charge in [-0.2, -0.15) is 0 Å². The summed E-state index contributed by atoms with van der Waals surface area (Å²) in [6.45, 7) is 1.87. The monoisotopic (exact) mass is 287 g/mol. The van der Waals surface area contributed by atoms with Crippen molar-refractivity contribution in [3.8, 4) is 17.6 Å². The molecule has 1 fully saturated rings. The molecule has 0 atom stereocenters. The van der Waals surface area contributed by atoms with Crippen LogP contribution in [-0.2, 0) is 0 Å². The Hall–Kier alpha value is -1.99. The van der Waals surface area contributed by atoms with Gasteiger partial charge in [-0.25, -0.2) is 0 Å². The number of hydrogen-bond acceptors (Lipinski definition) is 3. The summed E-state index contributed by atoms with van der Waals surface area (Å²) in [6, 6.07) is 5.17. The van der Waals surface area contributed by atoms with Crippen LogP contribution in [0, 0.1) is 11.8 Å². The molecule has 1 amide bonds. The Morgan fingerprint density at radius 1 is 1.43 bits per heavy atom. The lowest BCUT2D eigenvalue weighted by Crippen LogP contribution is -2.43. The molecule has 0 spiro atoms. The third kappa shape index (κ3) is 3.77. The third-order valence-corrected chi connectivity index (χ3v) is 3.89. The average molecular weight is 287 g/mol. The largest absolute Gasteiger partial charge is 0.495 e. The summed E-state index contributed by atoms with van der Waals surface area (Å²) in [5, 5.41) is 11.9. The van der Waals surface area contributed by atoms with Crippen LogP contribution in [0.4, 0.5) is 0 Å². The molecule has 1 aliphatic carbocycles. The smallest absolute Gasteiger partial charge is 0.251 e. The molecule has 4 nitrogen and oxygen atoms in total. The first-order chi connectivity index (χ1) is 10.1. The van der Waals surface area contributed by atoms with Gasteiger partial charge in [0.25, 0.3) is 5.91 Å². The van der Waals surface area contributed by atoms with Crippen molar-refractivity contribution in [2.75, 3.05) is 13.7 Å². The maximum atomic E-state index is 12.4. The molecule has 0 heterocycles. The standard InChI is InChI=1S/C17H21NO3/c1-17(9-3-4-10-17)18-16(20)14-7-8-15(21-2)13(12-14)6-5-11-19/h7-8,12,19H,3-4,9-11H2,1-2H3,(H,18,20). The molecule has 1 aromatic carbocycles. The van der Waals surface area contributed by atoms with Gasteiger partial charge in [0.15, 0.2) is 0 Å². The number of amides is 1. The molecule has 1 saturated carbocycles. The molecule has 1 aromatic rings. The van der Waals surface area contributed by atoms with Gasteiger partial charge in [-0.15, -0.1) is 0 Å². The van der Waals surface area contributed by atoms with Crippen molar-refractivity contribution in [2.24, 2.45) is 0 Å². The van der Waals surface area contributed by atoms with E-state index in [4.69, 9.17) is 9.84 Å². The Bertz CT molecular complexity index is 577. The maximum Gasteiger partial charge on any atom is 0.251 e. The summed E-state index contributed by atoms with van der Waals surface area (Å²) in [7, 11) is 1.55. The van der Waals surface area contributed by atoms with E-state index < -0.39 is 0 Å². The molecular weight excluding hydrogens is 266 g/mol. The highest BCUT2D eigenvalue weighted by molar-refractivity contribution is 5.95. The van der Waals surface area contributed by atoms with Crippen molar-refractivity contribution in [2.45, 2.75) is 38.1 Å². The van der Waals surface area contributed by atoms with Crippen molar-refractivity contribution in [1.82, 2.24) is 5.32 Å². The second-order valence-electron chi connectivity index (χ2n) is 5.60. The molecule has 0 aromatic heterocycles. The fourth-order valence-corrected chi connectivity index (χ4v) is 2.71. The molecular formula is C17H21NO3. The first-order valence-electron chi connectivity index (χ1n) is 7.18. The van der Waals surface area contributed by atoms with Crippen LogP contribution in [0.15, 0.2) is 18.2 Å². The second-order valence-corrected chi connectivity index (χ2v) is 5.60. The summed E-state index contributed by atoms with van der Waals surface area (Å²) >= 11 is 0. The molecule has 2 rings (SSSR count). The van der Waals surface area contributed by atoms with E-state index in [1.54, 1.807) is 25.3 Å². The van der Waals surface area contributed by atoms with Crippen molar-refractivity contribution in [3.05, 3.63) is 29.3 Å². The first-order valence-corrected chi connectivity index (χ1v) is 7.18. The van der Waals surface area contributed by atoms with Crippen LogP contribution in [0.3, 0.4) is 0 Å². The fourth-order valence-electron chi connectivity index (χ4n) is 2.71. The van der Waals surface area contributed by atoms with E-state index >= 15 is 0 Å². The third-order valence-electron chi connectivity index (χ3n) is 3.89. The summed E-state index contributed by atoms with van der Waals surface area (Å²) in [4.78, 5) is 12.4. The number of benzene rings is 1. The molecule has 112 valence electrons. The van der Waals surface area contributed by atoms with Crippen LogP contribution in [0.2, 0.25) is 0 Å². The summed E-state index contributed by atoms with van der Waals surface area (Å²) in [5.41, 5.74) is 1.07. The summed E-state index contributed by atoms with van der Waals surface area (Å²) < 4.78 is 5.21. The van der Waals surface area contributed by atoms with Gasteiger partial charge in [0.1, 0.15) is 12.4 Å². The Morgan fingerprint density at radius 3 is 2.76 bits per heavy atom. The van der Waals surface area contributed by atoms with Crippen LogP contribution in [0.1, 0.15) is 48.5 Å². The van der Waals surface area contributed by atoms with Crippen LogP contribution in [0.25, 0.3) is 0 Å². The van der Waals surface area contributed by atoms with E-state index in [0.717, 1.165) is 25.7 Å². The van der Waals surface area contributed by atoms with E-state index in [1.807, 2.05) is 0 Å². The average Bonchev–Trinajstić information content (AvgIpc) is 2.91. The summed E-state index contributed by atoms with van der Waals surface area (Å²) in [6.07, 6.45) is 4.36. The van der Waals surface area contributed by atoms with Gasteiger partial charge < -0.3 is 15.2 Å². The van der Waals surface area contributed by atoms with E-state index in [9.17, 15) is 4.79 Å². The van der Waals surface area contributed by atoms with Crippen molar-refractivity contribution in [1.29, 1.82) is 0 Å². The second kappa shape index (κ2) is 6.64. The lowest BCUT2D eigenvalue weighted by molar-refractivity contribution is 0.0908. The highest BCUT2D eigenvalue weighted by atomic mass is 16.5. The number of carbonyl (C=O) groups excluding carboxylic acids is 1. The fraction of sp³-hybridized carbons (Fsp3) is 0.471. The normalized spacial score (nSPS) is 16.0. The van der Waals surface area contributed by atoms with Crippen molar-refractivity contribution in [3.63, 3.8) is 0 Å². The Labute approximate surface area is 125 Å². The molecule has 0 aliphatic heterocycles. The lowest BCUT2D eigenvalue weighted by atomic mass is 9.99. The molecule has 0 saturated heterocycles. The van der Waals surface area contributed by atoms with Gasteiger partial charge in [-0.05, 0) is 38.0 Å². The highest BCUT2D eigenvalue weighted by Crippen LogP contribution is 2.29. The van der Waals surface area contributed by atoms with Crippen LogP contribution < -0.4 is 10.1 Å². The molecule has 1 aliphatic rings. The van der Waals surface area contributed by atoms with Gasteiger partial charge >= 0.3 is 0 Å². The molecule has 0 unspecified atom stereocenters. The molecule has 0 bridgehead atoms. The Balaban J connectivity index is 2.21. The number of hydrogen-bond donors (Lipinski definition) is 2. The SMILES string of the molecule is COc1ccc(C(=O)NC2(C)CCCC2)cc1C#CCO. The zero-order valence-electron chi connectivity index (χ0n) is 12.5. The van der Waals surface area contributed by atoms with Gasteiger partial charge in [0.2, 0.25) is 0 Å². The predicted molar refractivity (Wildman–Crippen MR) is 81.3 cm³/mol. The molecule has 0 radical (unpaired) electrons. The van der Waals surface area contributed by atoms with E-state index in [2.05, 4.69) is 24.1 Å². The molecule has 21 heavy (non-hydrogen) atoms. The van der Waals surface area contributed by atoms with Crippen LogP contribution in [-0.4, -0.2) is 30.3 Å². The number of carbonyl (C=O) groups is 1. The van der Waals surface area contributed by atoms with E-state index in [0.29, 0.717) is 16.9 Å². The molecule has 4 heteroatoms. The highest BCUT2D eigenvalue weighted by Gasteiger charge is 2.30. The zero-order chi connectivity index (χ0) is 15.3. The predicted octanol–water partition coefficient (Wildman–Crippen LogP) is 2.10. The minimum atomic E-state index is -0.225. The van der Waals surface area contributed by atoms with Crippen molar-refractivity contribution < 1.29 is 14.6 Å². The lowest BCUT2D eigenvalue weighted by Gasteiger charge is -2.25. The number of nitrogens with one attached hydrogen (secondary N) is 1. The number of aliphatic hydroxyl groups excluding tert-OH is 1. The number of aliphatic hydroxyl groups is 1.